The highest BCUT2D eigenvalue weighted by Gasteiger charge is 2.52. The van der Waals surface area contributed by atoms with Crippen molar-refractivity contribution < 1.29 is 0 Å². The van der Waals surface area contributed by atoms with Crippen molar-refractivity contribution in [3.05, 3.63) is 0 Å². The maximum Gasteiger partial charge on any atom is 0.0532 e. The van der Waals surface area contributed by atoms with Crippen LogP contribution in [0.1, 0.15) is 19.3 Å². The SMILES string of the molecule is ClC1C2CC3CC(C2)C(Cl)C1N3. The van der Waals surface area contributed by atoms with Crippen LogP contribution in [0.25, 0.3) is 0 Å². The first kappa shape index (κ1) is 7.90. The van der Waals surface area contributed by atoms with Crippen molar-refractivity contribution in [3.8, 4) is 0 Å². The summed E-state index contributed by atoms with van der Waals surface area (Å²) < 4.78 is 0. The van der Waals surface area contributed by atoms with Gasteiger partial charge >= 0.3 is 0 Å². The Balaban J connectivity index is 1.93. The molecule has 1 N–H and O–H groups in total. The molecule has 3 heteroatoms. The van der Waals surface area contributed by atoms with Gasteiger partial charge in [-0.3, -0.25) is 0 Å². The average molecular weight is 206 g/mol. The summed E-state index contributed by atoms with van der Waals surface area (Å²) >= 11 is 12.6. The third kappa shape index (κ3) is 0.906. The number of hydrogen-bond donors (Lipinski definition) is 1. The molecule has 68 valence electrons. The number of rotatable bonds is 0. The van der Waals surface area contributed by atoms with Crippen LogP contribution in [0, 0.1) is 11.8 Å². The van der Waals surface area contributed by atoms with Crippen LogP contribution in [0.3, 0.4) is 0 Å². The number of piperidine rings is 2. The maximum absolute atomic E-state index is 6.32. The monoisotopic (exact) mass is 205 g/mol. The summed E-state index contributed by atoms with van der Waals surface area (Å²) in [5, 5.41) is 4.13. The standard InChI is InChI=1S/C9H13Cl2N/c10-7-4-1-5-3-6(2-4)12-9(7)8(5)11/h4-9,12H,1-3H2. The first-order chi connectivity index (χ1) is 5.75. The van der Waals surface area contributed by atoms with E-state index in [0.717, 1.165) is 17.9 Å². The van der Waals surface area contributed by atoms with E-state index in [1.807, 2.05) is 0 Å². The summed E-state index contributed by atoms with van der Waals surface area (Å²) in [7, 11) is 0. The van der Waals surface area contributed by atoms with Crippen molar-refractivity contribution in [2.75, 3.05) is 0 Å². The molecule has 4 rings (SSSR count). The van der Waals surface area contributed by atoms with Crippen LogP contribution in [0.4, 0.5) is 0 Å². The fraction of sp³-hybridized carbons (Fsp3) is 1.00. The minimum atomic E-state index is 0.292. The Morgan fingerprint density at radius 2 is 1.50 bits per heavy atom. The molecule has 4 bridgehead atoms. The van der Waals surface area contributed by atoms with Crippen molar-refractivity contribution in [3.63, 3.8) is 0 Å². The van der Waals surface area contributed by atoms with Crippen molar-refractivity contribution in [1.29, 1.82) is 0 Å². The fourth-order valence-electron chi connectivity index (χ4n) is 3.28. The summed E-state index contributed by atoms with van der Waals surface area (Å²) in [4.78, 5) is 0. The maximum atomic E-state index is 6.32. The van der Waals surface area contributed by atoms with Crippen molar-refractivity contribution >= 4 is 23.2 Å². The molecule has 2 aliphatic carbocycles. The molecule has 2 heterocycles. The first-order valence-electron chi connectivity index (χ1n) is 4.80. The lowest BCUT2D eigenvalue weighted by atomic mass is 9.64. The van der Waals surface area contributed by atoms with E-state index in [1.165, 1.54) is 19.3 Å². The minimum absolute atomic E-state index is 0.292. The van der Waals surface area contributed by atoms with Crippen molar-refractivity contribution in [2.24, 2.45) is 11.8 Å². The molecular weight excluding hydrogens is 193 g/mol. The van der Waals surface area contributed by atoms with E-state index in [9.17, 15) is 0 Å². The first-order valence-corrected chi connectivity index (χ1v) is 5.67. The quantitative estimate of drug-likeness (QED) is 0.597. The van der Waals surface area contributed by atoms with Crippen LogP contribution in [0.15, 0.2) is 0 Å². The number of halogens is 2. The Morgan fingerprint density at radius 3 is 2.08 bits per heavy atom. The Kier molecular flexibility index (Phi) is 1.66. The second kappa shape index (κ2) is 2.52. The van der Waals surface area contributed by atoms with Gasteiger partial charge < -0.3 is 5.32 Å². The molecule has 0 spiro atoms. The Morgan fingerprint density at radius 1 is 0.917 bits per heavy atom. The van der Waals surface area contributed by atoms with Gasteiger partial charge in [0.2, 0.25) is 0 Å². The second-order valence-corrected chi connectivity index (χ2v) is 5.51. The topological polar surface area (TPSA) is 12.0 Å². The van der Waals surface area contributed by atoms with Gasteiger partial charge in [-0.15, -0.1) is 23.2 Å². The lowest BCUT2D eigenvalue weighted by molar-refractivity contribution is 0.0692. The minimum Gasteiger partial charge on any atom is -0.308 e. The third-order valence-corrected chi connectivity index (χ3v) is 5.05. The second-order valence-electron chi connectivity index (χ2n) is 4.51. The molecule has 2 saturated heterocycles. The van der Waals surface area contributed by atoms with E-state index in [4.69, 9.17) is 23.2 Å². The van der Waals surface area contributed by atoms with Crippen LogP contribution >= 0.6 is 23.2 Å². The number of nitrogens with one attached hydrogen (secondary N) is 1. The van der Waals surface area contributed by atoms with Crippen molar-refractivity contribution in [1.82, 2.24) is 5.32 Å². The van der Waals surface area contributed by atoms with Crippen LogP contribution in [-0.4, -0.2) is 22.8 Å². The van der Waals surface area contributed by atoms with Crippen LogP contribution < -0.4 is 5.32 Å². The van der Waals surface area contributed by atoms with Crippen LogP contribution in [0.5, 0.6) is 0 Å². The summed E-state index contributed by atoms with van der Waals surface area (Å²) in [6, 6.07) is 1.12. The zero-order valence-corrected chi connectivity index (χ0v) is 8.35. The molecule has 0 aromatic carbocycles. The lowest BCUT2D eigenvalue weighted by Gasteiger charge is -2.55. The van der Waals surface area contributed by atoms with Crippen molar-refractivity contribution in [2.45, 2.75) is 42.1 Å². The van der Waals surface area contributed by atoms with Gasteiger partial charge in [-0.1, -0.05) is 0 Å². The predicted octanol–water partition coefficient (Wildman–Crippen LogP) is 1.97. The Bertz CT molecular complexity index is 191. The molecule has 2 aliphatic heterocycles. The van der Waals surface area contributed by atoms with E-state index in [1.54, 1.807) is 0 Å². The van der Waals surface area contributed by atoms with Gasteiger partial charge in [-0.05, 0) is 31.1 Å². The van der Waals surface area contributed by atoms with Gasteiger partial charge in [0.1, 0.15) is 0 Å². The predicted molar refractivity (Wildman–Crippen MR) is 50.8 cm³/mol. The molecule has 4 fully saturated rings. The molecule has 1 nitrogen and oxygen atoms in total. The highest BCUT2D eigenvalue weighted by Crippen LogP contribution is 2.48. The van der Waals surface area contributed by atoms with Crippen LogP contribution in [-0.2, 0) is 0 Å². The molecule has 12 heavy (non-hydrogen) atoms. The molecule has 0 radical (unpaired) electrons. The van der Waals surface area contributed by atoms with Gasteiger partial charge in [0, 0.05) is 12.1 Å². The normalized spacial score (nSPS) is 62.5. The number of hydrogen-bond acceptors (Lipinski definition) is 1. The summed E-state index contributed by atoms with van der Waals surface area (Å²) in [6.45, 7) is 0. The molecular formula is C9H13Cl2N. The molecule has 4 aliphatic rings. The highest BCUT2D eigenvalue weighted by molar-refractivity contribution is 6.25. The zero-order chi connectivity index (χ0) is 8.29. The Labute approximate surface area is 82.8 Å². The average Bonchev–Trinajstić information content (AvgIpc) is 2.07. The third-order valence-electron chi connectivity index (χ3n) is 3.80. The zero-order valence-electron chi connectivity index (χ0n) is 6.84. The molecule has 0 aromatic rings. The lowest BCUT2D eigenvalue weighted by Crippen LogP contribution is -2.66. The largest absolute Gasteiger partial charge is 0.308 e. The molecule has 4 unspecified atom stereocenters. The van der Waals surface area contributed by atoms with Gasteiger partial charge in [0.05, 0.1) is 10.8 Å². The van der Waals surface area contributed by atoms with E-state index >= 15 is 0 Å². The summed E-state index contributed by atoms with van der Waals surface area (Å²) in [5.74, 6) is 1.49. The summed E-state index contributed by atoms with van der Waals surface area (Å²) in [6.07, 6.45) is 3.84. The van der Waals surface area contributed by atoms with Gasteiger partial charge in [-0.2, -0.15) is 0 Å². The molecule has 0 amide bonds. The fourth-order valence-corrected chi connectivity index (χ4v) is 4.23. The van der Waals surface area contributed by atoms with E-state index < -0.39 is 0 Å². The molecule has 0 aromatic heterocycles. The highest BCUT2D eigenvalue weighted by atomic mass is 35.5. The van der Waals surface area contributed by atoms with Gasteiger partial charge in [-0.25, -0.2) is 0 Å². The summed E-state index contributed by atoms with van der Waals surface area (Å²) in [5.41, 5.74) is 0. The molecule has 4 atom stereocenters. The van der Waals surface area contributed by atoms with Gasteiger partial charge in [0.15, 0.2) is 0 Å². The Hall–Kier alpha value is 0.540. The van der Waals surface area contributed by atoms with E-state index in [2.05, 4.69) is 5.32 Å². The molecule has 2 saturated carbocycles. The van der Waals surface area contributed by atoms with E-state index in [-0.39, 0.29) is 0 Å². The van der Waals surface area contributed by atoms with Crippen LogP contribution in [0.2, 0.25) is 0 Å². The van der Waals surface area contributed by atoms with E-state index in [0.29, 0.717) is 16.8 Å². The number of alkyl halides is 2. The van der Waals surface area contributed by atoms with Gasteiger partial charge in [0.25, 0.3) is 0 Å². The smallest absolute Gasteiger partial charge is 0.0532 e.